The van der Waals surface area contributed by atoms with Crippen LogP contribution in [-0.2, 0) is 0 Å². The molecule has 0 radical (unpaired) electrons. The summed E-state index contributed by atoms with van der Waals surface area (Å²) in [4.78, 5) is 6.12. The Morgan fingerprint density at radius 2 is 1.73 bits per heavy atom. The summed E-state index contributed by atoms with van der Waals surface area (Å²) in [6.07, 6.45) is 3.64. The highest BCUT2D eigenvalue weighted by Gasteiger charge is 2.08. The Morgan fingerprint density at radius 1 is 1.00 bits per heavy atom. The normalized spacial score (nSPS) is 11.8. The zero-order valence-electron chi connectivity index (χ0n) is 15.3. The topological polar surface area (TPSA) is 48.4 Å². The molecule has 0 bridgehead atoms. The Labute approximate surface area is 155 Å². The van der Waals surface area contributed by atoms with Gasteiger partial charge in [-0.15, -0.1) is 0 Å². The predicted octanol–water partition coefficient (Wildman–Crippen LogP) is 4.35. The van der Waals surface area contributed by atoms with Crippen LogP contribution in [0.25, 0.3) is 11.1 Å². The van der Waals surface area contributed by atoms with Gasteiger partial charge in [0.05, 0.1) is 6.61 Å². The van der Waals surface area contributed by atoms with Crippen LogP contribution in [0.3, 0.4) is 0 Å². The molecule has 0 aliphatic carbocycles. The highest BCUT2D eigenvalue weighted by atomic mass is 16.3. The largest absolute Gasteiger partial charge is 0.395 e. The van der Waals surface area contributed by atoms with Crippen molar-refractivity contribution in [3.63, 3.8) is 0 Å². The highest BCUT2D eigenvalue weighted by Crippen LogP contribution is 2.26. The summed E-state index contributed by atoms with van der Waals surface area (Å²) < 4.78 is 0. The molecule has 3 aromatic rings. The van der Waals surface area contributed by atoms with E-state index in [4.69, 9.17) is 5.11 Å². The van der Waals surface area contributed by atoms with Gasteiger partial charge in [0.25, 0.3) is 0 Å². The van der Waals surface area contributed by atoms with Gasteiger partial charge >= 0.3 is 0 Å². The van der Waals surface area contributed by atoms with Gasteiger partial charge in [-0.1, -0.05) is 18.2 Å². The maximum atomic E-state index is 9.04. The number of benzene rings is 2. The van der Waals surface area contributed by atoms with Gasteiger partial charge in [0.1, 0.15) is 0 Å². The number of aliphatic hydroxyl groups is 1. The number of likely N-dealkylation sites (N-methyl/N-ethyl adjacent to an activating group) is 1. The Bertz CT molecular complexity index is 818. The minimum Gasteiger partial charge on any atom is -0.395 e. The second kappa shape index (κ2) is 8.50. The molecule has 0 aliphatic rings. The summed E-state index contributed by atoms with van der Waals surface area (Å²) in [5, 5.41) is 12.6. The molecule has 2 N–H and O–H groups in total. The molecule has 0 fully saturated rings. The predicted molar refractivity (Wildman–Crippen MR) is 109 cm³/mol. The van der Waals surface area contributed by atoms with Gasteiger partial charge in [0.2, 0.25) is 0 Å². The molecule has 0 saturated heterocycles. The SMILES string of the molecule is CC(Nc1ccc(N(C)CCO)cc1)c1cccc(-c2ccncc2)c1. The van der Waals surface area contributed by atoms with E-state index in [2.05, 4.69) is 65.8 Å². The Balaban J connectivity index is 1.71. The minimum absolute atomic E-state index is 0.154. The lowest BCUT2D eigenvalue weighted by atomic mass is 10.0. The lowest BCUT2D eigenvalue weighted by Crippen LogP contribution is -2.20. The first-order valence-electron chi connectivity index (χ1n) is 8.86. The van der Waals surface area contributed by atoms with Crippen molar-refractivity contribution in [2.75, 3.05) is 30.4 Å². The number of nitrogens with one attached hydrogen (secondary N) is 1. The van der Waals surface area contributed by atoms with Crippen molar-refractivity contribution >= 4 is 11.4 Å². The maximum Gasteiger partial charge on any atom is 0.0606 e. The Hall–Kier alpha value is -2.85. The number of hydrogen-bond acceptors (Lipinski definition) is 4. The van der Waals surface area contributed by atoms with Gasteiger partial charge in [-0.25, -0.2) is 0 Å². The van der Waals surface area contributed by atoms with Gasteiger partial charge in [-0.2, -0.15) is 0 Å². The zero-order chi connectivity index (χ0) is 18.4. The van der Waals surface area contributed by atoms with Crippen LogP contribution in [0.5, 0.6) is 0 Å². The van der Waals surface area contributed by atoms with E-state index in [-0.39, 0.29) is 12.6 Å². The van der Waals surface area contributed by atoms with Crippen LogP contribution in [0.1, 0.15) is 18.5 Å². The maximum absolute atomic E-state index is 9.04. The van der Waals surface area contributed by atoms with E-state index in [0.717, 1.165) is 11.4 Å². The second-order valence-electron chi connectivity index (χ2n) is 6.42. The zero-order valence-corrected chi connectivity index (χ0v) is 15.3. The number of pyridine rings is 1. The average molecular weight is 347 g/mol. The molecule has 134 valence electrons. The first-order chi connectivity index (χ1) is 12.7. The van der Waals surface area contributed by atoms with Crippen LogP contribution in [0.15, 0.2) is 73.1 Å². The van der Waals surface area contributed by atoms with Crippen LogP contribution in [0.2, 0.25) is 0 Å². The molecule has 4 heteroatoms. The fourth-order valence-electron chi connectivity index (χ4n) is 2.96. The van der Waals surface area contributed by atoms with E-state index in [0.29, 0.717) is 6.54 Å². The van der Waals surface area contributed by atoms with E-state index in [1.807, 2.05) is 36.5 Å². The fourth-order valence-corrected chi connectivity index (χ4v) is 2.96. The smallest absolute Gasteiger partial charge is 0.0606 e. The third-order valence-corrected chi connectivity index (χ3v) is 4.53. The number of nitrogens with zero attached hydrogens (tertiary/aromatic N) is 2. The molecule has 0 amide bonds. The molecule has 4 nitrogen and oxygen atoms in total. The molecule has 3 rings (SSSR count). The second-order valence-corrected chi connectivity index (χ2v) is 6.42. The first kappa shape index (κ1) is 18.0. The third kappa shape index (κ3) is 4.41. The molecule has 0 saturated carbocycles. The molecule has 2 aromatic carbocycles. The van der Waals surface area contributed by atoms with Crippen molar-refractivity contribution in [1.29, 1.82) is 0 Å². The summed E-state index contributed by atoms with van der Waals surface area (Å²) in [6, 6.07) is 21.1. The van der Waals surface area contributed by atoms with Crippen LogP contribution in [0.4, 0.5) is 11.4 Å². The molecule has 0 aliphatic heterocycles. The van der Waals surface area contributed by atoms with Crippen molar-refractivity contribution in [2.45, 2.75) is 13.0 Å². The van der Waals surface area contributed by atoms with Crippen LogP contribution < -0.4 is 10.2 Å². The van der Waals surface area contributed by atoms with E-state index < -0.39 is 0 Å². The summed E-state index contributed by atoms with van der Waals surface area (Å²) in [5.41, 5.74) is 5.77. The minimum atomic E-state index is 0.154. The molecule has 26 heavy (non-hydrogen) atoms. The van der Waals surface area contributed by atoms with Gasteiger partial charge in [0.15, 0.2) is 0 Å². The average Bonchev–Trinajstić information content (AvgIpc) is 2.69. The Kier molecular flexibility index (Phi) is 5.87. The standard InChI is InChI=1S/C22H25N3O/c1-17(24-21-6-8-22(9-7-21)25(2)14-15-26)19-4-3-5-20(16-19)18-10-12-23-13-11-18/h3-13,16-17,24,26H,14-15H2,1-2H3. The first-order valence-corrected chi connectivity index (χ1v) is 8.86. The van der Waals surface area contributed by atoms with Crippen LogP contribution >= 0.6 is 0 Å². The van der Waals surface area contributed by atoms with Crippen molar-refractivity contribution in [3.05, 3.63) is 78.6 Å². The van der Waals surface area contributed by atoms with Crippen LogP contribution in [-0.4, -0.2) is 30.3 Å². The molecule has 1 aromatic heterocycles. The molecular weight excluding hydrogens is 322 g/mol. The van der Waals surface area contributed by atoms with Crippen molar-refractivity contribution in [2.24, 2.45) is 0 Å². The monoisotopic (exact) mass is 347 g/mol. The Morgan fingerprint density at radius 3 is 2.42 bits per heavy atom. The third-order valence-electron chi connectivity index (χ3n) is 4.53. The van der Waals surface area contributed by atoms with Gasteiger partial charge in [-0.3, -0.25) is 4.98 Å². The lowest BCUT2D eigenvalue weighted by Gasteiger charge is -2.20. The van der Waals surface area contributed by atoms with Gasteiger partial charge < -0.3 is 15.3 Å². The van der Waals surface area contributed by atoms with Crippen molar-refractivity contribution < 1.29 is 5.11 Å². The molecule has 1 heterocycles. The summed E-state index contributed by atoms with van der Waals surface area (Å²) in [7, 11) is 1.98. The van der Waals surface area contributed by atoms with E-state index >= 15 is 0 Å². The summed E-state index contributed by atoms with van der Waals surface area (Å²) in [5.74, 6) is 0. The molecule has 1 unspecified atom stereocenters. The number of hydrogen-bond donors (Lipinski definition) is 2. The number of rotatable bonds is 7. The summed E-state index contributed by atoms with van der Waals surface area (Å²) in [6.45, 7) is 2.95. The van der Waals surface area contributed by atoms with Crippen molar-refractivity contribution in [1.82, 2.24) is 4.98 Å². The van der Waals surface area contributed by atoms with Gasteiger partial charge in [0, 0.05) is 43.4 Å². The molecule has 1 atom stereocenters. The highest BCUT2D eigenvalue weighted by molar-refractivity contribution is 5.64. The quantitative estimate of drug-likeness (QED) is 0.667. The van der Waals surface area contributed by atoms with Gasteiger partial charge in [-0.05, 0) is 66.1 Å². The van der Waals surface area contributed by atoms with E-state index in [1.165, 1.54) is 16.7 Å². The van der Waals surface area contributed by atoms with E-state index in [1.54, 1.807) is 0 Å². The van der Waals surface area contributed by atoms with Crippen molar-refractivity contribution in [3.8, 4) is 11.1 Å². The molecular formula is C22H25N3O. The number of aliphatic hydroxyl groups excluding tert-OH is 1. The number of anilines is 2. The fraction of sp³-hybridized carbons (Fsp3) is 0.227. The van der Waals surface area contributed by atoms with E-state index in [9.17, 15) is 0 Å². The molecule has 0 spiro atoms. The summed E-state index contributed by atoms with van der Waals surface area (Å²) >= 11 is 0. The van der Waals surface area contributed by atoms with Crippen LogP contribution in [0, 0.1) is 0 Å². The lowest BCUT2D eigenvalue weighted by molar-refractivity contribution is 0.304. The number of aromatic nitrogens is 1.